The van der Waals surface area contributed by atoms with Gasteiger partial charge in [0.05, 0.1) is 11.0 Å². The average molecular weight is 484 g/mol. The Bertz CT molecular complexity index is 931. The van der Waals surface area contributed by atoms with Crippen LogP contribution in [0.3, 0.4) is 0 Å². The molecule has 3 rings (SSSR count). The molecular formula is C19H17BrCl2N4S. The number of nitrogens with one attached hydrogen (secondary N) is 2. The molecule has 8 heteroatoms. The molecule has 3 aromatic rings. The number of halogens is 3. The van der Waals surface area contributed by atoms with E-state index >= 15 is 0 Å². The Balaban J connectivity index is 1.55. The van der Waals surface area contributed by atoms with Crippen LogP contribution in [0.15, 0.2) is 59.2 Å². The zero-order valence-corrected chi connectivity index (χ0v) is 18.2. The predicted octanol–water partition coefficient (Wildman–Crippen LogP) is 5.53. The van der Waals surface area contributed by atoms with Gasteiger partial charge >= 0.3 is 0 Å². The van der Waals surface area contributed by atoms with Crippen molar-refractivity contribution in [2.75, 3.05) is 11.9 Å². The molecule has 0 atom stereocenters. The number of thiocarbonyl (C=S) groups is 1. The normalized spacial score (nSPS) is 10.6. The molecule has 0 aliphatic rings. The Labute approximate surface area is 182 Å². The van der Waals surface area contributed by atoms with Crippen molar-refractivity contribution in [3.05, 3.63) is 80.4 Å². The van der Waals surface area contributed by atoms with E-state index in [0.717, 1.165) is 23.0 Å². The van der Waals surface area contributed by atoms with E-state index in [2.05, 4.69) is 43.8 Å². The van der Waals surface area contributed by atoms with Crippen molar-refractivity contribution in [2.45, 2.75) is 13.0 Å². The second-order valence-electron chi connectivity index (χ2n) is 5.88. The lowest BCUT2D eigenvalue weighted by Crippen LogP contribution is -2.30. The molecule has 1 aromatic heterocycles. The quantitative estimate of drug-likeness (QED) is 0.452. The van der Waals surface area contributed by atoms with Crippen LogP contribution in [0.4, 0.5) is 5.82 Å². The van der Waals surface area contributed by atoms with E-state index in [1.54, 1.807) is 10.7 Å². The molecule has 0 amide bonds. The minimum absolute atomic E-state index is 0.529. The monoisotopic (exact) mass is 482 g/mol. The first kappa shape index (κ1) is 20.1. The van der Waals surface area contributed by atoms with Crippen molar-refractivity contribution < 1.29 is 0 Å². The number of hydrogen-bond acceptors (Lipinski definition) is 2. The van der Waals surface area contributed by atoms with Gasteiger partial charge in [-0.2, -0.15) is 5.10 Å². The number of nitrogens with zero attached hydrogens (tertiary/aromatic N) is 2. The summed E-state index contributed by atoms with van der Waals surface area (Å²) in [6, 6.07) is 15.7. The van der Waals surface area contributed by atoms with Gasteiger partial charge in [0.1, 0.15) is 0 Å². The molecule has 0 aliphatic carbocycles. The van der Waals surface area contributed by atoms with Crippen LogP contribution in [0.1, 0.15) is 11.1 Å². The van der Waals surface area contributed by atoms with Gasteiger partial charge in [0, 0.05) is 22.8 Å². The number of aromatic nitrogens is 2. The molecule has 0 spiro atoms. The van der Waals surface area contributed by atoms with Gasteiger partial charge in [-0.05, 0) is 57.8 Å². The summed E-state index contributed by atoms with van der Waals surface area (Å²) in [4.78, 5) is 0. The Morgan fingerprint density at radius 3 is 2.67 bits per heavy atom. The molecule has 140 valence electrons. The molecule has 2 aromatic carbocycles. The van der Waals surface area contributed by atoms with Crippen LogP contribution in [0.2, 0.25) is 10.0 Å². The number of hydrogen-bond donors (Lipinski definition) is 2. The van der Waals surface area contributed by atoms with Gasteiger partial charge < -0.3 is 10.6 Å². The maximum absolute atomic E-state index is 6.23. The highest BCUT2D eigenvalue weighted by molar-refractivity contribution is 9.10. The molecule has 0 saturated carbocycles. The zero-order chi connectivity index (χ0) is 19.2. The van der Waals surface area contributed by atoms with E-state index in [9.17, 15) is 0 Å². The first-order valence-electron chi connectivity index (χ1n) is 8.27. The van der Waals surface area contributed by atoms with E-state index in [1.165, 1.54) is 5.56 Å². The standard InChI is InChI=1S/C19H17BrCl2N4S/c20-16-12-26(11-14-6-7-15(21)10-17(14)22)25-18(16)24-19(27)23-9-8-13-4-2-1-3-5-13/h1-7,10,12H,8-9,11H2,(H2,23,24,25,27). The van der Waals surface area contributed by atoms with E-state index < -0.39 is 0 Å². The third-order valence-electron chi connectivity index (χ3n) is 3.84. The van der Waals surface area contributed by atoms with Crippen LogP contribution < -0.4 is 10.6 Å². The van der Waals surface area contributed by atoms with Crippen LogP contribution in [-0.4, -0.2) is 21.4 Å². The summed E-state index contributed by atoms with van der Waals surface area (Å²) >= 11 is 21.0. The summed E-state index contributed by atoms with van der Waals surface area (Å²) in [7, 11) is 0. The van der Waals surface area contributed by atoms with Gasteiger partial charge in [0.25, 0.3) is 0 Å². The molecule has 0 bridgehead atoms. The fraction of sp³-hybridized carbons (Fsp3) is 0.158. The second kappa shape index (κ2) is 9.55. The first-order valence-corrected chi connectivity index (χ1v) is 10.2. The van der Waals surface area contributed by atoms with E-state index in [1.807, 2.05) is 36.5 Å². The SMILES string of the molecule is S=C(NCCc1ccccc1)Nc1nn(Cc2ccc(Cl)cc2Cl)cc1Br. The summed E-state index contributed by atoms with van der Waals surface area (Å²) < 4.78 is 2.61. The summed E-state index contributed by atoms with van der Waals surface area (Å²) in [6.45, 7) is 1.28. The molecule has 0 radical (unpaired) electrons. The van der Waals surface area contributed by atoms with Crippen LogP contribution in [0.25, 0.3) is 0 Å². The van der Waals surface area contributed by atoms with E-state index in [0.29, 0.717) is 27.5 Å². The van der Waals surface area contributed by atoms with Gasteiger partial charge in [0.15, 0.2) is 10.9 Å². The van der Waals surface area contributed by atoms with Gasteiger partial charge in [0.2, 0.25) is 0 Å². The molecular weight excluding hydrogens is 467 g/mol. The minimum Gasteiger partial charge on any atom is -0.362 e. The summed E-state index contributed by atoms with van der Waals surface area (Å²) in [5.41, 5.74) is 2.20. The lowest BCUT2D eigenvalue weighted by Gasteiger charge is -2.09. The molecule has 0 saturated heterocycles. The molecule has 0 aliphatic heterocycles. The minimum atomic E-state index is 0.529. The lowest BCUT2D eigenvalue weighted by molar-refractivity contribution is 0.689. The fourth-order valence-corrected chi connectivity index (χ4v) is 3.59. The van der Waals surface area contributed by atoms with Crippen LogP contribution in [-0.2, 0) is 13.0 Å². The Morgan fingerprint density at radius 2 is 1.93 bits per heavy atom. The highest BCUT2D eigenvalue weighted by Crippen LogP contribution is 2.24. The molecule has 4 nitrogen and oxygen atoms in total. The highest BCUT2D eigenvalue weighted by atomic mass is 79.9. The topological polar surface area (TPSA) is 41.9 Å². The Hall–Kier alpha value is -1.60. The van der Waals surface area contributed by atoms with E-state index in [4.69, 9.17) is 35.4 Å². The van der Waals surface area contributed by atoms with Crippen LogP contribution in [0.5, 0.6) is 0 Å². The second-order valence-corrected chi connectivity index (χ2v) is 7.98. The maximum atomic E-state index is 6.23. The van der Waals surface area contributed by atoms with Crippen LogP contribution in [0, 0.1) is 0 Å². The zero-order valence-electron chi connectivity index (χ0n) is 14.3. The van der Waals surface area contributed by atoms with Gasteiger partial charge in [-0.1, -0.05) is 59.6 Å². The van der Waals surface area contributed by atoms with Crippen molar-refractivity contribution in [1.29, 1.82) is 0 Å². The third-order valence-corrected chi connectivity index (χ3v) is 5.25. The van der Waals surface area contributed by atoms with Gasteiger partial charge in [-0.15, -0.1) is 0 Å². The average Bonchev–Trinajstić information content (AvgIpc) is 2.97. The number of rotatable bonds is 6. The predicted molar refractivity (Wildman–Crippen MR) is 120 cm³/mol. The first-order chi connectivity index (χ1) is 13.0. The van der Waals surface area contributed by atoms with Crippen molar-refractivity contribution in [2.24, 2.45) is 0 Å². The molecule has 27 heavy (non-hydrogen) atoms. The Kier molecular flexibility index (Phi) is 7.13. The third kappa shape index (κ3) is 5.94. The molecule has 2 N–H and O–H groups in total. The maximum Gasteiger partial charge on any atom is 0.172 e. The smallest absolute Gasteiger partial charge is 0.172 e. The number of anilines is 1. The van der Waals surface area contributed by atoms with Crippen LogP contribution >= 0.6 is 51.3 Å². The fourth-order valence-electron chi connectivity index (χ4n) is 2.50. The van der Waals surface area contributed by atoms with Gasteiger partial charge in [-0.3, -0.25) is 4.68 Å². The molecule has 0 unspecified atom stereocenters. The van der Waals surface area contributed by atoms with Crippen molar-refractivity contribution in [3.8, 4) is 0 Å². The summed E-state index contributed by atoms with van der Waals surface area (Å²) in [5, 5.41) is 12.6. The van der Waals surface area contributed by atoms with Crippen molar-refractivity contribution in [1.82, 2.24) is 15.1 Å². The largest absolute Gasteiger partial charge is 0.362 e. The van der Waals surface area contributed by atoms with Gasteiger partial charge in [-0.25, -0.2) is 0 Å². The summed E-state index contributed by atoms with van der Waals surface area (Å²) in [6.07, 6.45) is 2.77. The Morgan fingerprint density at radius 1 is 1.15 bits per heavy atom. The molecule has 1 heterocycles. The summed E-state index contributed by atoms with van der Waals surface area (Å²) in [5.74, 6) is 0.650. The molecule has 0 fully saturated rings. The van der Waals surface area contributed by atoms with Crippen molar-refractivity contribution in [3.63, 3.8) is 0 Å². The van der Waals surface area contributed by atoms with E-state index in [-0.39, 0.29) is 0 Å². The lowest BCUT2D eigenvalue weighted by atomic mass is 10.1. The highest BCUT2D eigenvalue weighted by Gasteiger charge is 2.10. The van der Waals surface area contributed by atoms with Crippen molar-refractivity contribution >= 4 is 62.3 Å². The number of benzene rings is 2.